The predicted octanol–water partition coefficient (Wildman–Crippen LogP) is 2.21. The second-order valence-electron chi connectivity index (χ2n) is 5.96. The summed E-state index contributed by atoms with van der Waals surface area (Å²) in [5.41, 5.74) is 1.35. The monoisotopic (exact) mass is 387 g/mol. The van der Waals surface area contributed by atoms with E-state index in [0.717, 1.165) is 16.1 Å². The number of benzene rings is 2. The maximum atomic E-state index is 12.5. The number of amides is 1. The smallest absolute Gasteiger partial charge is 0.241 e. The standard InChI is InChI=1S/C19H21N3O4S/c1-14(17-9-4-5-10-18(17)26-2)21-19(23)13-22(27(3,24)25)16-8-6-7-15(11-16)12-20/h4-11,14H,13H2,1-3H3,(H,21,23). The topological polar surface area (TPSA) is 99.5 Å². The van der Waals surface area contributed by atoms with Gasteiger partial charge in [-0.05, 0) is 31.2 Å². The van der Waals surface area contributed by atoms with Crippen molar-refractivity contribution in [3.05, 3.63) is 59.7 Å². The lowest BCUT2D eigenvalue weighted by Crippen LogP contribution is -2.41. The van der Waals surface area contributed by atoms with E-state index in [2.05, 4.69) is 5.32 Å². The van der Waals surface area contributed by atoms with Crippen molar-refractivity contribution < 1.29 is 17.9 Å². The Morgan fingerprint density at radius 1 is 1.26 bits per heavy atom. The molecule has 0 spiro atoms. The van der Waals surface area contributed by atoms with Crippen molar-refractivity contribution in [1.82, 2.24) is 5.32 Å². The number of hydrogen-bond acceptors (Lipinski definition) is 5. The molecule has 0 fully saturated rings. The maximum Gasteiger partial charge on any atom is 0.241 e. The predicted molar refractivity (Wildman–Crippen MR) is 103 cm³/mol. The maximum absolute atomic E-state index is 12.5. The molecule has 2 rings (SSSR count). The van der Waals surface area contributed by atoms with Gasteiger partial charge in [0.15, 0.2) is 0 Å². The summed E-state index contributed by atoms with van der Waals surface area (Å²) in [5, 5.41) is 11.8. The molecular formula is C19H21N3O4S. The molecule has 0 heterocycles. The molecule has 1 unspecified atom stereocenters. The number of methoxy groups -OCH3 is 1. The number of carbonyl (C=O) groups is 1. The average Bonchev–Trinajstić information content (AvgIpc) is 2.65. The molecular weight excluding hydrogens is 366 g/mol. The highest BCUT2D eigenvalue weighted by atomic mass is 32.2. The summed E-state index contributed by atoms with van der Waals surface area (Å²) in [6.07, 6.45) is 1.02. The van der Waals surface area contributed by atoms with Crippen LogP contribution in [0.1, 0.15) is 24.1 Å². The van der Waals surface area contributed by atoms with Crippen LogP contribution in [0.15, 0.2) is 48.5 Å². The average molecular weight is 387 g/mol. The first kappa shape index (κ1) is 20.3. The molecule has 0 radical (unpaired) electrons. The quantitative estimate of drug-likeness (QED) is 0.785. The number of nitrogens with one attached hydrogen (secondary N) is 1. The van der Waals surface area contributed by atoms with Gasteiger partial charge in [-0.15, -0.1) is 0 Å². The zero-order chi connectivity index (χ0) is 20.0. The Labute approximate surface area is 159 Å². The number of hydrogen-bond donors (Lipinski definition) is 1. The zero-order valence-corrected chi connectivity index (χ0v) is 16.2. The van der Waals surface area contributed by atoms with Gasteiger partial charge >= 0.3 is 0 Å². The van der Waals surface area contributed by atoms with E-state index in [-0.39, 0.29) is 11.7 Å². The van der Waals surface area contributed by atoms with Crippen LogP contribution in [0.3, 0.4) is 0 Å². The fourth-order valence-electron chi connectivity index (χ4n) is 2.65. The van der Waals surface area contributed by atoms with Crippen LogP contribution in [0.25, 0.3) is 0 Å². The fraction of sp³-hybridized carbons (Fsp3) is 0.263. The highest BCUT2D eigenvalue weighted by Gasteiger charge is 2.22. The van der Waals surface area contributed by atoms with Gasteiger partial charge in [-0.25, -0.2) is 8.42 Å². The number of sulfonamides is 1. The Bertz CT molecular complexity index is 967. The second-order valence-corrected chi connectivity index (χ2v) is 7.87. The van der Waals surface area contributed by atoms with E-state index < -0.39 is 22.5 Å². The number of rotatable bonds is 7. The molecule has 0 saturated heterocycles. The van der Waals surface area contributed by atoms with E-state index in [1.54, 1.807) is 38.3 Å². The number of anilines is 1. The van der Waals surface area contributed by atoms with Crippen LogP contribution in [0.5, 0.6) is 5.75 Å². The molecule has 0 bridgehead atoms. The van der Waals surface area contributed by atoms with Crippen molar-refractivity contribution in [3.8, 4) is 11.8 Å². The second kappa shape index (κ2) is 8.56. The van der Waals surface area contributed by atoms with Gasteiger partial charge < -0.3 is 10.1 Å². The number of para-hydroxylation sites is 1. The third kappa shape index (κ3) is 5.21. The van der Waals surface area contributed by atoms with E-state index in [1.807, 2.05) is 24.3 Å². The first-order chi connectivity index (χ1) is 12.8. The van der Waals surface area contributed by atoms with Crippen LogP contribution in [0.2, 0.25) is 0 Å². The SMILES string of the molecule is COc1ccccc1C(C)NC(=O)CN(c1cccc(C#N)c1)S(C)(=O)=O. The minimum atomic E-state index is -3.71. The van der Waals surface area contributed by atoms with Gasteiger partial charge in [0.05, 0.1) is 36.7 Å². The molecule has 2 aromatic carbocycles. The normalized spacial score (nSPS) is 11.9. The van der Waals surface area contributed by atoms with Crippen molar-refractivity contribution in [2.45, 2.75) is 13.0 Å². The van der Waals surface area contributed by atoms with Gasteiger partial charge in [0.2, 0.25) is 15.9 Å². The van der Waals surface area contributed by atoms with Crippen molar-refractivity contribution >= 4 is 21.6 Å². The van der Waals surface area contributed by atoms with E-state index in [9.17, 15) is 13.2 Å². The van der Waals surface area contributed by atoms with E-state index >= 15 is 0 Å². The number of nitriles is 1. The van der Waals surface area contributed by atoms with Crippen LogP contribution in [0.4, 0.5) is 5.69 Å². The molecule has 2 aromatic rings. The minimum absolute atomic E-state index is 0.261. The molecule has 142 valence electrons. The Kier molecular flexibility index (Phi) is 6.42. The molecule has 1 N–H and O–H groups in total. The first-order valence-electron chi connectivity index (χ1n) is 8.16. The molecule has 8 heteroatoms. The Morgan fingerprint density at radius 3 is 2.59 bits per heavy atom. The van der Waals surface area contributed by atoms with Crippen LogP contribution >= 0.6 is 0 Å². The minimum Gasteiger partial charge on any atom is -0.496 e. The highest BCUT2D eigenvalue weighted by Crippen LogP contribution is 2.24. The first-order valence-corrected chi connectivity index (χ1v) is 10.0. The molecule has 7 nitrogen and oxygen atoms in total. The number of nitrogens with zero attached hydrogens (tertiary/aromatic N) is 2. The highest BCUT2D eigenvalue weighted by molar-refractivity contribution is 7.92. The summed E-state index contributed by atoms with van der Waals surface area (Å²) in [7, 11) is -2.17. The Hall–Kier alpha value is -3.05. The van der Waals surface area contributed by atoms with Crippen molar-refractivity contribution in [2.24, 2.45) is 0 Å². The van der Waals surface area contributed by atoms with Crippen LogP contribution in [-0.4, -0.2) is 34.2 Å². The van der Waals surface area contributed by atoms with Gasteiger partial charge in [0.25, 0.3) is 0 Å². The third-order valence-electron chi connectivity index (χ3n) is 3.93. The molecule has 1 atom stereocenters. The largest absolute Gasteiger partial charge is 0.496 e. The zero-order valence-electron chi connectivity index (χ0n) is 15.3. The van der Waals surface area contributed by atoms with E-state index in [1.165, 1.54) is 6.07 Å². The van der Waals surface area contributed by atoms with Crippen molar-refractivity contribution in [1.29, 1.82) is 5.26 Å². The van der Waals surface area contributed by atoms with Gasteiger partial charge in [-0.3, -0.25) is 9.10 Å². The summed E-state index contributed by atoms with van der Waals surface area (Å²) in [6.45, 7) is 1.39. The third-order valence-corrected chi connectivity index (χ3v) is 5.07. The van der Waals surface area contributed by atoms with Crippen LogP contribution in [0, 0.1) is 11.3 Å². The summed E-state index contributed by atoms with van der Waals surface area (Å²) in [4.78, 5) is 12.5. The molecule has 0 saturated carbocycles. The Morgan fingerprint density at radius 2 is 1.96 bits per heavy atom. The fourth-order valence-corrected chi connectivity index (χ4v) is 3.50. The van der Waals surface area contributed by atoms with Crippen LogP contribution in [-0.2, 0) is 14.8 Å². The molecule has 27 heavy (non-hydrogen) atoms. The van der Waals surface area contributed by atoms with Gasteiger partial charge in [0.1, 0.15) is 12.3 Å². The van der Waals surface area contributed by atoms with Gasteiger partial charge in [-0.2, -0.15) is 5.26 Å². The lowest BCUT2D eigenvalue weighted by molar-refractivity contribution is -0.120. The summed E-state index contributed by atoms with van der Waals surface area (Å²) in [5.74, 6) is 0.160. The van der Waals surface area contributed by atoms with E-state index in [4.69, 9.17) is 10.00 Å². The molecule has 0 aliphatic heterocycles. The lowest BCUT2D eigenvalue weighted by atomic mass is 10.1. The number of carbonyl (C=O) groups excluding carboxylic acids is 1. The molecule has 1 amide bonds. The van der Waals surface area contributed by atoms with E-state index in [0.29, 0.717) is 11.3 Å². The summed E-state index contributed by atoms with van der Waals surface area (Å²) >= 11 is 0. The van der Waals surface area contributed by atoms with Gasteiger partial charge in [0, 0.05) is 5.56 Å². The van der Waals surface area contributed by atoms with Gasteiger partial charge in [-0.1, -0.05) is 24.3 Å². The lowest BCUT2D eigenvalue weighted by Gasteiger charge is -2.24. The van der Waals surface area contributed by atoms with Crippen LogP contribution < -0.4 is 14.4 Å². The van der Waals surface area contributed by atoms with Crippen molar-refractivity contribution in [2.75, 3.05) is 24.2 Å². The summed E-state index contributed by atoms with van der Waals surface area (Å²) < 4.78 is 30.6. The molecule has 0 aromatic heterocycles. The van der Waals surface area contributed by atoms with Crippen molar-refractivity contribution in [3.63, 3.8) is 0 Å². The number of ether oxygens (including phenoxy) is 1. The molecule has 0 aliphatic rings. The summed E-state index contributed by atoms with van der Waals surface area (Å²) in [6, 6.07) is 15.0. The molecule has 0 aliphatic carbocycles. The Balaban J connectivity index is 2.20.